The molecule has 0 fully saturated rings. The molecule has 0 radical (unpaired) electrons. The fraction of sp³-hybridized carbons (Fsp3) is 0.200. The lowest BCUT2D eigenvalue weighted by molar-refractivity contribution is -0.384. The van der Waals surface area contributed by atoms with Gasteiger partial charge < -0.3 is 0 Å². The second-order valence-electron chi connectivity index (χ2n) is 4.94. The molecule has 2 aromatic rings. The van der Waals surface area contributed by atoms with Gasteiger partial charge in [-0.1, -0.05) is 42.5 Å². The second kappa shape index (κ2) is 6.67. The molecule has 0 saturated heterocycles. The summed E-state index contributed by atoms with van der Waals surface area (Å²) in [4.78, 5) is 10.2. The van der Waals surface area contributed by atoms with E-state index in [0.29, 0.717) is 5.56 Å². The maximum Gasteiger partial charge on any atom is 0.269 e. The molecule has 0 spiro atoms. The van der Waals surface area contributed by atoms with Gasteiger partial charge in [-0.25, -0.2) is 13.1 Å². The summed E-state index contributed by atoms with van der Waals surface area (Å²) in [6.45, 7) is 1.75. The number of rotatable bonds is 6. The number of hydrogen-bond donors (Lipinski definition) is 1. The highest BCUT2D eigenvalue weighted by Gasteiger charge is 2.17. The first-order valence-electron chi connectivity index (χ1n) is 6.66. The predicted molar refractivity (Wildman–Crippen MR) is 83.7 cm³/mol. The van der Waals surface area contributed by atoms with Crippen LogP contribution in [0.4, 0.5) is 5.69 Å². The SMILES string of the molecule is C[C@@H](NS(=O)(=O)Cc1cccc([N+](=O)[O-])c1)c1ccccc1. The minimum Gasteiger partial charge on any atom is -0.258 e. The van der Waals surface area contributed by atoms with Gasteiger partial charge in [0.15, 0.2) is 0 Å². The van der Waals surface area contributed by atoms with E-state index in [-0.39, 0.29) is 17.5 Å². The first-order chi connectivity index (χ1) is 10.4. The van der Waals surface area contributed by atoms with Crippen molar-refractivity contribution in [3.8, 4) is 0 Å². The molecule has 0 bridgehead atoms. The lowest BCUT2D eigenvalue weighted by Gasteiger charge is -2.14. The topological polar surface area (TPSA) is 89.3 Å². The van der Waals surface area contributed by atoms with Crippen molar-refractivity contribution in [2.45, 2.75) is 18.7 Å². The molecule has 0 heterocycles. The zero-order valence-corrected chi connectivity index (χ0v) is 12.8. The van der Waals surface area contributed by atoms with Gasteiger partial charge in [0.05, 0.1) is 10.7 Å². The summed E-state index contributed by atoms with van der Waals surface area (Å²) in [6.07, 6.45) is 0. The van der Waals surface area contributed by atoms with Crippen molar-refractivity contribution in [1.82, 2.24) is 4.72 Å². The Kier molecular flexibility index (Phi) is 4.89. The summed E-state index contributed by atoms with van der Waals surface area (Å²) in [6, 6.07) is 14.5. The summed E-state index contributed by atoms with van der Waals surface area (Å²) >= 11 is 0. The van der Waals surface area contributed by atoms with Gasteiger partial charge in [-0.15, -0.1) is 0 Å². The summed E-state index contributed by atoms with van der Waals surface area (Å²) < 4.78 is 26.9. The Hall–Kier alpha value is -2.25. The number of nitrogens with one attached hydrogen (secondary N) is 1. The van der Waals surface area contributed by atoms with Crippen LogP contribution in [0.15, 0.2) is 54.6 Å². The summed E-state index contributed by atoms with van der Waals surface area (Å²) in [5, 5.41) is 10.7. The van der Waals surface area contributed by atoms with Crippen molar-refractivity contribution in [3.63, 3.8) is 0 Å². The Morgan fingerprint density at radius 3 is 2.45 bits per heavy atom. The van der Waals surface area contributed by atoms with Gasteiger partial charge in [0.1, 0.15) is 0 Å². The molecule has 116 valence electrons. The van der Waals surface area contributed by atoms with E-state index in [1.807, 2.05) is 30.3 Å². The smallest absolute Gasteiger partial charge is 0.258 e. The lowest BCUT2D eigenvalue weighted by atomic mass is 10.1. The number of non-ortho nitro benzene ring substituents is 1. The molecule has 1 atom stereocenters. The third-order valence-electron chi connectivity index (χ3n) is 3.13. The van der Waals surface area contributed by atoms with Crippen LogP contribution < -0.4 is 4.72 Å². The second-order valence-corrected chi connectivity index (χ2v) is 6.69. The Bertz CT molecular complexity index is 760. The zero-order chi connectivity index (χ0) is 16.2. The van der Waals surface area contributed by atoms with Crippen molar-refractivity contribution in [2.75, 3.05) is 0 Å². The monoisotopic (exact) mass is 320 g/mol. The van der Waals surface area contributed by atoms with Crippen LogP contribution in [-0.2, 0) is 15.8 Å². The normalized spacial score (nSPS) is 12.8. The van der Waals surface area contributed by atoms with Crippen LogP contribution in [0.5, 0.6) is 0 Å². The van der Waals surface area contributed by atoms with Crippen LogP contribution in [0.1, 0.15) is 24.1 Å². The molecule has 0 saturated carbocycles. The van der Waals surface area contributed by atoms with Crippen molar-refractivity contribution in [3.05, 3.63) is 75.8 Å². The molecule has 0 aliphatic carbocycles. The number of nitro benzene ring substituents is 1. The molecular weight excluding hydrogens is 304 g/mol. The quantitative estimate of drug-likeness (QED) is 0.654. The fourth-order valence-electron chi connectivity index (χ4n) is 2.10. The maximum atomic E-state index is 12.2. The Morgan fingerprint density at radius 2 is 1.82 bits per heavy atom. The van der Waals surface area contributed by atoms with Crippen LogP contribution in [0, 0.1) is 10.1 Å². The van der Waals surface area contributed by atoms with Crippen molar-refractivity contribution >= 4 is 15.7 Å². The van der Waals surface area contributed by atoms with Crippen molar-refractivity contribution < 1.29 is 13.3 Å². The first-order valence-corrected chi connectivity index (χ1v) is 8.31. The first kappa shape index (κ1) is 16.1. The van der Waals surface area contributed by atoms with Crippen LogP contribution in [-0.4, -0.2) is 13.3 Å². The third kappa shape index (κ3) is 4.37. The van der Waals surface area contributed by atoms with Gasteiger partial charge >= 0.3 is 0 Å². The molecule has 2 aromatic carbocycles. The van der Waals surface area contributed by atoms with Gasteiger partial charge in [-0.3, -0.25) is 10.1 Å². The Labute approximate surface area is 129 Å². The Morgan fingerprint density at radius 1 is 1.14 bits per heavy atom. The van der Waals surface area contributed by atoms with E-state index in [2.05, 4.69) is 4.72 Å². The van der Waals surface area contributed by atoms with Gasteiger partial charge in [0.25, 0.3) is 5.69 Å². The number of nitro groups is 1. The molecule has 1 N–H and O–H groups in total. The van der Waals surface area contributed by atoms with Crippen molar-refractivity contribution in [1.29, 1.82) is 0 Å². The minimum atomic E-state index is -3.60. The van der Waals surface area contributed by atoms with Gasteiger partial charge in [0.2, 0.25) is 10.0 Å². The van der Waals surface area contributed by atoms with E-state index in [4.69, 9.17) is 0 Å². The highest BCUT2D eigenvalue weighted by Crippen LogP contribution is 2.17. The molecule has 0 aliphatic heterocycles. The van der Waals surface area contributed by atoms with Crippen LogP contribution in [0.3, 0.4) is 0 Å². The molecule has 0 unspecified atom stereocenters. The summed E-state index contributed by atoms with van der Waals surface area (Å²) in [7, 11) is -3.60. The Balaban J connectivity index is 2.11. The molecule has 2 rings (SSSR count). The highest BCUT2D eigenvalue weighted by molar-refractivity contribution is 7.88. The molecule has 7 heteroatoms. The molecule has 0 aliphatic rings. The lowest BCUT2D eigenvalue weighted by Crippen LogP contribution is -2.28. The number of sulfonamides is 1. The number of nitrogens with zero attached hydrogens (tertiary/aromatic N) is 1. The van der Waals surface area contributed by atoms with Crippen molar-refractivity contribution in [2.24, 2.45) is 0 Å². The van der Waals surface area contributed by atoms with Gasteiger partial charge in [-0.2, -0.15) is 0 Å². The maximum absolute atomic E-state index is 12.2. The largest absolute Gasteiger partial charge is 0.269 e. The van der Waals surface area contributed by atoms with E-state index in [0.717, 1.165) is 5.56 Å². The van der Waals surface area contributed by atoms with Crippen LogP contribution in [0.2, 0.25) is 0 Å². The number of hydrogen-bond acceptors (Lipinski definition) is 4. The van der Waals surface area contributed by atoms with E-state index in [9.17, 15) is 18.5 Å². The molecule has 0 amide bonds. The number of benzene rings is 2. The van der Waals surface area contributed by atoms with E-state index in [1.165, 1.54) is 18.2 Å². The molecule has 22 heavy (non-hydrogen) atoms. The van der Waals surface area contributed by atoms with Gasteiger partial charge in [-0.05, 0) is 18.1 Å². The minimum absolute atomic E-state index is 0.121. The average Bonchev–Trinajstić information content (AvgIpc) is 2.47. The highest BCUT2D eigenvalue weighted by atomic mass is 32.2. The van der Waals surface area contributed by atoms with E-state index < -0.39 is 14.9 Å². The molecule has 0 aromatic heterocycles. The third-order valence-corrected chi connectivity index (χ3v) is 4.56. The summed E-state index contributed by atoms with van der Waals surface area (Å²) in [5.41, 5.74) is 1.11. The molecular formula is C15H16N2O4S. The molecule has 6 nitrogen and oxygen atoms in total. The summed E-state index contributed by atoms with van der Waals surface area (Å²) in [5.74, 6) is -0.300. The van der Waals surface area contributed by atoms with E-state index >= 15 is 0 Å². The predicted octanol–water partition coefficient (Wildman–Crippen LogP) is 2.78. The zero-order valence-electron chi connectivity index (χ0n) is 12.0. The average molecular weight is 320 g/mol. The fourth-order valence-corrected chi connectivity index (χ4v) is 3.48. The van der Waals surface area contributed by atoms with Crippen LogP contribution in [0.25, 0.3) is 0 Å². The van der Waals surface area contributed by atoms with Crippen LogP contribution >= 0.6 is 0 Å². The van der Waals surface area contributed by atoms with E-state index in [1.54, 1.807) is 13.0 Å². The standard InChI is InChI=1S/C15H16N2O4S/c1-12(14-7-3-2-4-8-14)16-22(20,21)11-13-6-5-9-15(10-13)17(18)19/h2-10,12,16H,11H2,1H3/t12-/m1/s1. The van der Waals surface area contributed by atoms with Gasteiger partial charge in [0, 0.05) is 18.2 Å².